The molecule has 6 heteroatoms. The monoisotopic (exact) mass is 494 g/mol. The fraction of sp³-hybridized carbons (Fsp3) is 0.429. The second-order valence-corrected chi connectivity index (χ2v) is 9.43. The summed E-state index contributed by atoms with van der Waals surface area (Å²) in [4.78, 5) is 4.97. The minimum absolute atomic E-state index is 0.355. The van der Waals surface area contributed by atoms with Gasteiger partial charge >= 0.3 is 0 Å². The van der Waals surface area contributed by atoms with Gasteiger partial charge in [0, 0.05) is 45.2 Å². The average molecular weight is 496 g/mol. The first-order valence-electron chi connectivity index (χ1n) is 9.44. The molecule has 2 N–H and O–H groups in total. The molecule has 2 aromatic carbocycles. The molecule has 1 aliphatic heterocycles. The highest BCUT2D eigenvalue weighted by molar-refractivity contribution is 9.10. The van der Waals surface area contributed by atoms with Crippen molar-refractivity contribution in [2.75, 3.05) is 6.67 Å². The Morgan fingerprint density at radius 1 is 0.778 bits per heavy atom. The topological polar surface area (TPSA) is 46.9 Å². The van der Waals surface area contributed by atoms with Crippen LogP contribution in [0, 0.1) is 0 Å². The van der Waals surface area contributed by atoms with Crippen LogP contribution in [-0.4, -0.2) is 38.8 Å². The molecular formula is C21H24Br2N2O2. The van der Waals surface area contributed by atoms with Crippen LogP contribution in [0.5, 0.6) is 11.5 Å². The van der Waals surface area contributed by atoms with Gasteiger partial charge in [-0.3, -0.25) is 9.80 Å². The van der Waals surface area contributed by atoms with Gasteiger partial charge < -0.3 is 10.2 Å². The van der Waals surface area contributed by atoms with E-state index in [1.54, 1.807) is 12.1 Å². The molecule has 2 fully saturated rings. The molecule has 0 aromatic heterocycles. The van der Waals surface area contributed by atoms with E-state index in [1.165, 1.54) is 25.7 Å². The molecule has 0 spiro atoms. The largest absolute Gasteiger partial charge is 0.508 e. The Hall–Kier alpha value is -1.08. The van der Waals surface area contributed by atoms with Gasteiger partial charge in [0.25, 0.3) is 0 Å². The first-order chi connectivity index (χ1) is 13.0. The van der Waals surface area contributed by atoms with Crippen molar-refractivity contribution in [1.29, 1.82) is 0 Å². The second-order valence-electron chi connectivity index (χ2n) is 7.60. The number of hydrogen-bond acceptors (Lipinski definition) is 4. The maximum atomic E-state index is 10.3. The molecule has 144 valence electrons. The molecule has 0 amide bonds. The van der Waals surface area contributed by atoms with Gasteiger partial charge in [-0.15, -0.1) is 0 Å². The van der Waals surface area contributed by atoms with Gasteiger partial charge in [-0.25, -0.2) is 0 Å². The summed E-state index contributed by atoms with van der Waals surface area (Å²) in [5.41, 5.74) is 1.92. The zero-order valence-electron chi connectivity index (χ0n) is 15.1. The third-order valence-corrected chi connectivity index (χ3v) is 6.81. The van der Waals surface area contributed by atoms with E-state index in [0.29, 0.717) is 23.6 Å². The van der Waals surface area contributed by atoms with Crippen molar-refractivity contribution in [2.45, 2.75) is 50.9 Å². The summed E-state index contributed by atoms with van der Waals surface area (Å²) in [6, 6.07) is 12.3. The van der Waals surface area contributed by atoms with E-state index < -0.39 is 0 Å². The number of phenols is 2. The zero-order chi connectivity index (χ0) is 19.0. The predicted octanol–water partition coefficient (Wildman–Crippen LogP) is 5.21. The van der Waals surface area contributed by atoms with E-state index in [2.05, 4.69) is 41.7 Å². The van der Waals surface area contributed by atoms with Crippen molar-refractivity contribution < 1.29 is 10.2 Å². The third kappa shape index (κ3) is 4.19. The minimum Gasteiger partial charge on any atom is -0.508 e. The number of phenolic OH excluding ortho intramolecular Hbond substituents is 2. The van der Waals surface area contributed by atoms with E-state index in [-0.39, 0.29) is 0 Å². The predicted molar refractivity (Wildman–Crippen MR) is 114 cm³/mol. The molecular weight excluding hydrogens is 472 g/mol. The normalized spacial score (nSPS) is 23.5. The Morgan fingerprint density at radius 2 is 1.22 bits per heavy atom. The molecule has 0 unspecified atom stereocenters. The molecule has 2 aliphatic rings. The van der Waals surface area contributed by atoms with Crippen molar-refractivity contribution in [3.63, 3.8) is 0 Å². The number of halogens is 2. The summed E-state index contributed by atoms with van der Waals surface area (Å²) in [6.07, 6.45) is 4.91. The van der Waals surface area contributed by atoms with Crippen LogP contribution in [0.3, 0.4) is 0 Å². The van der Waals surface area contributed by atoms with Crippen molar-refractivity contribution in [2.24, 2.45) is 0 Å². The van der Waals surface area contributed by atoms with Crippen LogP contribution in [-0.2, 0) is 13.1 Å². The fourth-order valence-corrected chi connectivity index (χ4v) is 5.34. The lowest BCUT2D eigenvalue weighted by Gasteiger charge is -2.32. The van der Waals surface area contributed by atoms with Crippen LogP contribution >= 0.6 is 31.9 Å². The average Bonchev–Trinajstić information content (AvgIpc) is 2.99. The third-order valence-electron chi connectivity index (χ3n) is 5.83. The van der Waals surface area contributed by atoms with Crippen LogP contribution in [0.2, 0.25) is 0 Å². The smallest absolute Gasteiger partial charge is 0.120 e. The first kappa shape index (κ1) is 19.2. The highest BCUT2D eigenvalue weighted by Gasteiger charge is 2.41. The second kappa shape index (κ2) is 8.11. The van der Waals surface area contributed by atoms with E-state index in [4.69, 9.17) is 0 Å². The molecule has 0 bridgehead atoms. The lowest BCUT2D eigenvalue weighted by atomic mass is 9.90. The number of benzene rings is 2. The van der Waals surface area contributed by atoms with Gasteiger partial charge in [-0.1, -0.05) is 44.7 Å². The molecule has 1 saturated carbocycles. The molecule has 1 heterocycles. The SMILES string of the molecule is Oc1ccc(Br)cc1CN1CN(Cc2cc(Br)ccc2O)[C@H]2CCCC[C@H]21. The highest BCUT2D eigenvalue weighted by Crippen LogP contribution is 2.37. The Kier molecular flexibility index (Phi) is 5.78. The van der Waals surface area contributed by atoms with Crippen molar-refractivity contribution in [1.82, 2.24) is 9.80 Å². The van der Waals surface area contributed by atoms with Gasteiger partial charge in [-0.05, 0) is 49.2 Å². The molecule has 4 rings (SSSR count). The maximum Gasteiger partial charge on any atom is 0.120 e. The van der Waals surface area contributed by atoms with Gasteiger partial charge in [0.1, 0.15) is 11.5 Å². The number of hydrogen-bond donors (Lipinski definition) is 2. The minimum atomic E-state index is 0.355. The van der Waals surface area contributed by atoms with Gasteiger partial charge in [-0.2, -0.15) is 0 Å². The lowest BCUT2D eigenvalue weighted by Crippen LogP contribution is -2.39. The summed E-state index contributed by atoms with van der Waals surface area (Å²) in [7, 11) is 0. The molecule has 1 saturated heterocycles. The van der Waals surface area contributed by atoms with Crippen LogP contribution in [0.4, 0.5) is 0 Å². The first-order valence-corrected chi connectivity index (χ1v) is 11.0. The maximum absolute atomic E-state index is 10.3. The standard InChI is InChI=1S/C21H24Br2N2O2/c22-16-5-7-20(26)14(9-16)11-24-13-25(19-4-2-1-3-18(19)24)12-15-10-17(23)6-8-21(15)27/h5-10,18-19,26-27H,1-4,11-13H2/t18-,19+. The Labute approximate surface area is 177 Å². The summed E-state index contributed by atoms with van der Waals surface area (Å²) in [5.74, 6) is 0.710. The van der Waals surface area contributed by atoms with E-state index in [9.17, 15) is 10.2 Å². The molecule has 0 radical (unpaired) electrons. The summed E-state index contributed by atoms with van der Waals surface area (Å²) < 4.78 is 1.98. The summed E-state index contributed by atoms with van der Waals surface area (Å²) >= 11 is 7.03. The molecule has 2 atom stereocenters. The van der Waals surface area contributed by atoms with E-state index >= 15 is 0 Å². The number of aromatic hydroxyl groups is 2. The molecule has 27 heavy (non-hydrogen) atoms. The Bertz CT molecular complexity index is 762. The number of nitrogens with zero attached hydrogens (tertiary/aromatic N) is 2. The molecule has 2 aromatic rings. The number of fused-ring (bicyclic) bond motifs is 1. The summed E-state index contributed by atoms with van der Waals surface area (Å²) in [6.45, 7) is 2.34. The van der Waals surface area contributed by atoms with Crippen molar-refractivity contribution in [3.05, 3.63) is 56.5 Å². The van der Waals surface area contributed by atoms with E-state index in [1.807, 2.05) is 24.3 Å². The molecule has 1 aliphatic carbocycles. The quantitative estimate of drug-likeness (QED) is 0.611. The molecule has 4 nitrogen and oxygen atoms in total. The highest BCUT2D eigenvalue weighted by atomic mass is 79.9. The van der Waals surface area contributed by atoms with Crippen LogP contribution < -0.4 is 0 Å². The Morgan fingerprint density at radius 3 is 1.67 bits per heavy atom. The summed E-state index contributed by atoms with van der Waals surface area (Å²) in [5, 5.41) is 20.5. The van der Waals surface area contributed by atoms with Crippen LogP contribution in [0.25, 0.3) is 0 Å². The van der Waals surface area contributed by atoms with Crippen molar-refractivity contribution in [3.8, 4) is 11.5 Å². The van der Waals surface area contributed by atoms with Gasteiger partial charge in [0.15, 0.2) is 0 Å². The van der Waals surface area contributed by atoms with Crippen molar-refractivity contribution >= 4 is 31.9 Å². The van der Waals surface area contributed by atoms with E-state index in [0.717, 1.165) is 39.8 Å². The van der Waals surface area contributed by atoms with Crippen LogP contribution in [0.1, 0.15) is 36.8 Å². The number of rotatable bonds is 4. The zero-order valence-corrected chi connectivity index (χ0v) is 18.3. The Balaban J connectivity index is 1.55. The fourth-order valence-electron chi connectivity index (χ4n) is 4.52. The van der Waals surface area contributed by atoms with Gasteiger partial charge in [0.2, 0.25) is 0 Å². The van der Waals surface area contributed by atoms with Crippen LogP contribution in [0.15, 0.2) is 45.3 Å². The van der Waals surface area contributed by atoms with Gasteiger partial charge in [0.05, 0.1) is 6.67 Å². The lowest BCUT2D eigenvalue weighted by molar-refractivity contribution is 0.196.